The fourth-order valence-electron chi connectivity index (χ4n) is 4.24. The fraction of sp³-hybridized carbons (Fsp3) is 0.583. The number of aliphatic hydroxyl groups is 1. The number of pyridine rings is 1. The molecule has 178 valence electrons. The zero-order valence-corrected chi connectivity index (χ0v) is 20.8. The maximum Gasteiger partial charge on any atom is 0.280 e. The molecule has 2 aromatic rings. The summed E-state index contributed by atoms with van der Waals surface area (Å²) in [6.07, 6.45) is 4.59. The summed E-state index contributed by atoms with van der Waals surface area (Å²) in [5.41, 5.74) is 1.92. The molecule has 0 bridgehead atoms. The minimum atomic E-state index is -0.519. The SMILES string of the molecule is Cc1cc(NC(C)(C)C)ncc1-c1sc(C(=O)N[C@@H]2CC[C@H]2O)nc1C(=O)N1CCC[C@@H]1C. The van der Waals surface area contributed by atoms with E-state index in [1.807, 2.05) is 24.8 Å². The first-order valence-electron chi connectivity index (χ1n) is 11.6. The number of aromatic nitrogens is 2. The summed E-state index contributed by atoms with van der Waals surface area (Å²) in [7, 11) is 0. The number of anilines is 1. The van der Waals surface area contributed by atoms with Crippen molar-refractivity contribution in [3.8, 4) is 10.4 Å². The number of hydrogen-bond acceptors (Lipinski definition) is 7. The lowest BCUT2D eigenvalue weighted by Crippen LogP contribution is -2.50. The van der Waals surface area contributed by atoms with Crippen LogP contribution in [0.3, 0.4) is 0 Å². The van der Waals surface area contributed by atoms with Gasteiger partial charge in [-0.05, 0) is 71.9 Å². The molecule has 3 heterocycles. The van der Waals surface area contributed by atoms with Crippen molar-refractivity contribution in [2.75, 3.05) is 11.9 Å². The van der Waals surface area contributed by atoms with Crippen LogP contribution in [0, 0.1) is 6.92 Å². The van der Waals surface area contributed by atoms with E-state index in [0.29, 0.717) is 23.5 Å². The van der Waals surface area contributed by atoms with Gasteiger partial charge in [0.2, 0.25) is 0 Å². The molecule has 3 N–H and O–H groups in total. The Kier molecular flexibility index (Phi) is 6.46. The van der Waals surface area contributed by atoms with Gasteiger partial charge < -0.3 is 20.6 Å². The van der Waals surface area contributed by atoms with E-state index in [2.05, 4.69) is 41.4 Å². The highest BCUT2D eigenvalue weighted by atomic mass is 32.1. The molecule has 2 aliphatic rings. The molecule has 0 spiro atoms. The maximum absolute atomic E-state index is 13.5. The molecule has 0 aromatic carbocycles. The minimum Gasteiger partial charge on any atom is -0.391 e. The average Bonchev–Trinajstić information content (AvgIpc) is 3.36. The molecule has 1 saturated carbocycles. The first-order valence-corrected chi connectivity index (χ1v) is 12.4. The highest BCUT2D eigenvalue weighted by Crippen LogP contribution is 2.35. The summed E-state index contributed by atoms with van der Waals surface area (Å²) in [4.78, 5) is 37.9. The lowest BCUT2D eigenvalue weighted by molar-refractivity contribution is 0.0447. The summed E-state index contributed by atoms with van der Waals surface area (Å²) < 4.78 is 0. The van der Waals surface area contributed by atoms with E-state index in [0.717, 1.165) is 36.2 Å². The molecule has 2 fully saturated rings. The van der Waals surface area contributed by atoms with Crippen LogP contribution in [0.15, 0.2) is 12.3 Å². The third-order valence-electron chi connectivity index (χ3n) is 6.25. The van der Waals surface area contributed by atoms with Crippen molar-refractivity contribution in [3.05, 3.63) is 28.5 Å². The van der Waals surface area contributed by atoms with Crippen LogP contribution in [-0.2, 0) is 0 Å². The van der Waals surface area contributed by atoms with Crippen molar-refractivity contribution < 1.29 is 14.7 Å². The lowest BCUT2D eigenvalue weighted by atomic mass is 9.89. The maximum atomic E-state index is 13.5. The topological polar surface area (TPSA) is 107 Å². The number of carbonyl (C=O) groups is 2. The van der Waals surface area contributed by atoms with Crippen molar-refractivity contribution in [1.82, 2.24) is 20.2 Å². The number of rotatable bonds is 5. The monoisotopic (exact) mass is 471 g/mol. The van der Waals surface area contributed by atoms with Crippen molar-refractivity contribution in [1.29, 1.82) is 0 Å². The molecule has 3 atom stereocenters. The van der Waals surface area contributed by atoms with Gasteiger partial charge in [-0.2, -0.15) is 0 Å². The molecule has 0 unspecified atom stereocenters. The Labute approximate surface area is 198 Å². The van der Waals surface area contributed by atoms with Gasteiger partial charge in [-0.25, -0.2) is 9.97 Å². The Morgan fingerprint density at radius 3 is 2.55 bits per heavy atom. The van der Waals surface area contributed by atoms with Gasteiger partial charge in [-0.15, -0.1) is 11.3 Å². The van der Waals surface area contributed by atoms with Gasteiger partial charge in [0.05, 0.1) is 17.0 Å². The number of likely N-dealkylation sites (tertiary alicyclic amines) is 1. The fourth-order valence-corrected chi connectivity index (χ4v) is 5.28. The van der Waals surface area contributed by atoms with Crippen molar-refractivity contribution >= 4 is 29.0 Å². The molecule has 1 aliphatic carbocycles. The van der Waals surface area contributed by atoms with E-state index in [-0.39, 0.29) is 34.4 Å². The number of amides is 2. The van der Waals surface area contributed by atoms with Gasteiger partial charge in [-0.1, -0.05) is 0 Å². The molecular formula is C24H33N5O3S. The molecule has 33 heavy (non-hydrogen) atoms. The molecule has 4 rings (SSSR count). The summed E-state index contributed by atoms with van der Waals surface area (Å²) in [6, 6.07) is 1.85. The largest absolute Gasteiger partial charge is 0.391 e. The number of hydrogen-bond donors (Lipinski definition) is 3. The molecule has 2 amide bonds. The van der Waals surface area contributed by atoms with Gasteiger partial charge in [0.15, 0.2) is 5.01 Å². The summed E-state index contributed by atoms with van der Waals surface area (Å²) >= 11 is 1.21. The van der Waals surface area contributed by atoms with E-state index in [9.17, 15) is 14.7 Å². The van der Waals surface area contributed by atoms with E-state index in [1.54, 1.807) is 6.20 Å². The van der Waals surface area contributed by atoms with Crippen LogP contribution in [0.1, 0.15) is 79.2 Å². The third kappa shape index (κ3) is 5.04. The van der Waals surface area contributed by atoms with Crippen LogP contribution < -0.4 is 10.6 Å². The zero-order chi connectivity index (χ0) is 23.9. The van der Waals surface area contributed by atoms with Gasteiger partial charge in [0.25, 0.3) is 11.8 Å². The van der Waals surface area contributed by atoms with Crippen molar-refractivity contribution in [3.63, 3.8) is 0 Å². The molecule has 1 saturated heterocycles. The number of thiazole rings is 1. The predicted octanol–water partition coefficient (Wildman–Crippen LogP) is 3.60. The Balaban J connectivity index is 1.70. The second-order valence-corrected chi connectivity index (χ2v) is 11.2. The summed E-state index contributed by atoms with van der Waals surface area (Å²) in [6.45, 7) is 10.9. The van der Waals surface area contributed by atoms with Crippen LogP contribution in [-0.4, -0.2) is 62.1 Å². The van der Waals surface area contributed by atoms with Gasteiger partial charge in [0, 0.05) is 29.9 Å². The standard InChI is InChI=1S/C24H33N5O3S/c1-13-11-18(28-24(3,4)5)25-12-15(13)20-19(23(32)29-10-6-7-14(29)2)27-22(33-20)21(31)26-16-8-9-17(16)30/h11-12,14,16-17,30H,6-10H2,1-5H3,(H,25,28)(H,26,31)/t14-,16+,17+/m0/s1. The highest BCUT2D eigenvalue weighted by molar-refractivity contribution is 7.17. The first-order chi connectivity index (χ1) is 15.5. The lowest BCUT2D eigenvalue weighted by Gasteiger charge is -2.32. The number of aryl methyl sites for hydroxylation is 1. The van der Waals surface area contributed by atoms with Crippen LogP contribution in [0.4, 0.5) is 5.82 Å². The Morgan fingerprint density at radius 2 is 2.00 bits per heavy atom. The average molecular weight is 472 g/mol. The van der Waals surface area contributed by atoms with E-state index < -0.39 is 6.10 Å². The molecule has 2 aromatic heterocycles. The number of nitrogens with one attached hydrogen (secondary N) is 2. The highest BCUT2D eigenvalue weighted by Gasteiger charge is 2.34. The second-order valence-electron chi connectivity index (χ2n) is 10.2. The van der Waals surface area contributed by atoms with E-state index >= 15 is 0 Å². The van der Waals surface area contributed by atoms with Gasteiger partial charge in [-0.3, -0.25) is 9.59 Å². The molecule has 8 nitrogen and oxygen atoms in total. The van der Waals surface area contributed by atoms with Crippen molar-refractivity contribution in [2.24, 2.45) is 0 Å². The van der Waals surface area contributed by atoms with Gasteiger partial charge in [0.1, 0.15) is 11.5 Å². The molecular weight excluding hydrogens is 438 g/mol. The van der Waals surface area contributed by atoms with Crippen molar-refractivity contribution in [2.45, 2.75) is 84.0 Å². The molecule has 1 aliphatic heterocycles. The predicted molar refractivity (Wildman–Crippen MR) is 130 cm³/mol. The van der Waals surface area contributed by atoms with Gasteiger partial charge >= 0.3 is 0 Å². The van der Waals surface area contributed by atoms with Crippen LogP contribution in [0.25, 0.3) is 10.4 Å². The Bertz CT molecular complexity index is 1060. The quantitative estimate of drug-likeness (QED) is 0.615. The summed E-state index contributed by atoms with van der Waals surface area (Å²) in [5.74, 6) is 0.256. The molecule has 0 radical (unpaired) electrons. The van der Waals surface area contributed by atoms with Crippen LogP contribution in [0.2, 0.25) is 0 Å². The number of nitrogens with zero attached hydrogens (tertiary/aromatic N) is 3. The second kappa shape index (κ2) is 9.02. The van der Waals surface area contributed by atoms with Crippen LogP contribution >= 0.6 is 11.3 Å². The smallest absolute Gasteiger partial charge is 0.280 e. The first kappa shape index (κ1) is 23.6. The third-order valence-corrected chi connectivity index (χ3v) is 7.34. The van der Waals surface area contributed by atoms with E-state index in [1.165, 1.54) is 11.3 Å². The van der Waals surface area contributed by atoms with Crippen LogP contribution in [0.5, 0.6) is 0 Å². The number of carbonyl (C=O) groups excluding carboxylic acids is 2. The minimum absolute atomic E-state index is 0.129. The Morgan fingerprint density at radius 1 is 1.24 bits per heavy atom. The Hall–Kier alpha value is -2.52. The summed E-state index contributed by atoms with van der Waals surface area (Å²) in [5, 5.41) is 16.3. The zero-order valence-electron chi connectivity index (χ0n) is 19.9. The number of aliphatic hydroxyl groups excluding tert-OH is 1. The molecule has 9 heteroatoms. The van der Waals surface area contributed by atoms with E-state index in [4.69, 9.17) is 0 Å². The normalized spacial score (nSPS) is 22.7.